The summed E-state index contributed by atoms with van der Waals surface area (Å²) in [5.74, 6) is 0.503. The van der Waals surface area contributed by atoms with Crippen LogP contribution in [0.2, 0.25) is 5.02 Å². The predicted molar refractivity (Wildman–Crippen MR) is 97.0 cm³/mol. The first-order valence-electron chi connectivity index (χ1n) is 7.96. The number of rotatable bonds is 7. The molecule has 3 rings (SSSR count). The Morgan fingerprint density at radius 1 is 1.00 bits per heavy atom. The molecule has 5 heteroatoms. The van der Waals surface area contributed by atoms with Crippen LogP contribution < -0.4 is 10.1 Å². The zero-order chi connectivity index (χ0) is 17.5. The fourth-order valence-electron chi connectivity index (χ4n) is 2.41. The smallest absolute Gasteiger partial charge is 0.124 e. The topological polar surface area (TPSA) is 34.1 Å². The maximum absolute atomic E-state index is 13.0. The summed E-state index contributed by atoms with van der Waals surface area (Å²) in [4.78, 5) is 4.10. The van der Waals surface area contributed by atoms with Gasteiger partial charge in [0.1, 0.15) is 18.2 Å². The molecule has 25 heavy (non-hydrogen) atoms. The molecule has 128 valence electrons. The van der Waals surface area contributed by atoms with Crippen molar-refractivity contribution < 1.29 is 9.13 Å². The molecule has 3 aromatic rings. The second-order valence-corrected chi connectivity index (χ2v) is 6.07. The molecule has 0 saturated heterocycles. The molecule has 0 amide bonds. The molecule has 1 aromatic heterocycles. The number of benzene rings is 2. The molecule has 0 saturated carbocycles. The molecule has 0 aliphatic carbocycles. The van der Waals surface area contributed by atoms with E-state index in [2.05, 4.69) is 10.3 Å². The molecule has 2 aromatic carbocycles. The summed E-state index contributed by atoms with van der Waals surface area (Å²) in [7, 11) is 0. The number of halogens is 2. The van der Waals surface area contributed by atoms with E-state index in [4.69, 9.17) is 16.3 Å². The molecule has 0 unspecified atom stereocenters. The van der Waals surface area contributed by atoms with Gasteiger partial charge in [-0.15, -0.1) is 0 Å². The lowest BCUT2D eigenvalue weighted by atomic mass is 10.2. The summed E-state index contributed by atoms with van der Waals surface area (Å²) in [6.07, 6.45) is 3.58. The van der Waals surface area contributed by atoms with Gasteiger partial charge >= 0.3 is 0 Å². The van der Waals surface area contributed by atoms with E-state index in [1.807, 2.05) is 30.5 Å². The molecule has 3 nitrogen and oxygen atoms in total. The fourth-order valence-corrected chi connectivity index (χ4v) is 2.61. The maximum Gasteiger partial charge on any atom is 0.124 e. The van der Waals surface area contributed by atoms with Crippen LogP contribution in [0.4, 0.5) is 4.39 Å². The molecule has 0 radical (unpaired) electrons. The third-order valence-electron chi connectivity index (χ3n) is 3.70. The molecule has 0 spiro atoms. The molecule has 1 heterocycles. The quantitative estimate of drug-likeness (QED) is 0.663. The number of hydrogen-bond acceptors (Lipinski definition) is 3. The highest BCUT2D eigenvalue weighted by Gasteiger charge is 2.06. The molecular weight excluding hydrogens is 339 g/mol. The highest BCUT2D eigenvalue weighted by Crippen LogP contribution is 2.24. The molecule has 0 bridgehead atoms. The van der Waals surface area contributed by atoms with Gasteiger partial charge in [0, 0.05) is 36.1 Å². The Kier molecular flexibility index (Phi) is 5.99. The Balaban J connectivity index is 1.62. The Bertz CT molecular complexity index is 810. The van der Waals surface area contributed by atoms with Crippen LogP contribution in [0.15, 0.2) is 67.0 Å². The summed E-state index contributed by atoms with van der Waals surface area (Å²) in [6, 6.07) is 15.7. The van der Waals surface area contributed by atoms with E-state index in [1.165, 1.54) is 12.1 Å². The minimum absolute atomic E-state index is 0.254. The van der Waals surface area contributed by atoms with Crippen molar-refractivity contribution in [3.8, 4) is 5.75 Å². The second kappa shape index (κ2) is 8.60. The van der Waals surface area contributed by atoms with Crippen molar-refractivity contribution in [2.75, 3.05) is 0 Å². The van der Waals surface area contributed by atoms with Crippen LogP contribution in [0, 0.1) is 5.82 Å². The van der Waals surface area contributed by atoms with E-state index in [-0.39, 0.29) is 5.82 Å². The maximum atomic E-state index is 13.0. The van der Waals surface area contributed by atoms with E-state index >= 15 is 0 Å². The zero-order valence-corrected chi connectivity index (χ0v) is 14.3. The van der Waals surface area contributed by atoms with Gasteiger partial charge in [-0.2, -0.15) is 0 Å². The zero-order valence-electron chi connectivity index (χ0n) is 13.6. The summed E-state index contributed by atoms with van der Waals surface area (Å²) in [6.45, 7) is 1.70. The van der Waals surface area contributed by atoms with Gasteiger partial charge in [-0.25, -0.2) is 4.39 Å². The minimum Gasteiger partial charge on any atom is -0.489 e. The number of ether oxygens (including phenoxy) is 1. The average molecular weight is 357 g/mol. The van der Waals surface area contributed by atoms with Gasteiger partial charge in [-0.05, 0) is 47.5 Å². The lowest BCUT2D eigenvalue weighted by Crippen LogP contribution is -2.13. The van der Waals surface area contributed by atoms with Crippen molar-refractivity contribution in [2.45, 2.75) is 19.7 Å². The van der Waals surface area contributed by atoms with Gasteiger partial charge in [0.15, 0.2) is 0 Å². The number of hydrogen-bond donors (Lipinski definition) is 1. The Morgan fingerprint density at radius 2 is 1.84 bits per heavy atom. The van der Waals surface area contributed by atoms with Crippen molar-refractivity contribution in [1.82, 2.24) is 10.3 Å². The number of nitrogens with zero attached hydrogens (tertiary/aromatic N) is 1. The largest absolute Gasteiger partial charge is 0.489 e. The van der Waals surface area contributed by atoms with E-state index in [1.54, 1.807) is 24.4 Å². The first kappa shape index (κ1) is 17.4. The van der Waals surface area contributed by atoms with Crippen LogP contribution >= 0.6 is 11.6 Å². The van der Waals surface area contributed by atoms with Gasteiger partial charge in [-0.1, -0.05) is 29.8 Å². The SMILES string of the molecule is Fc1ccc(COc2ccc(Cl)cc2CNCc2cccnc2)cc1. The highest BCUT2D eigenvalue weighted by atomic mass is 35.5. The van der Waals surface area contributed by atoms with Crippen molar-refractivity contribution >= 4 is 11.6 Å². The van der Waals surface area contributed by atoms with Crippen LogP contribution in [0.1, 0.15) is 16.7 Å². The molecule has 0 fully saturated rings. The second-order valence-electron chi connectivity index (χ2n) is 5.63. The van der Waals surface area contributed by atoms with Crippen LogP contribution in [-0.2, 0) is 19.7 Å². The fraction of sp³-hybridized carbons (Fsp3) is 0.150. The first-order chi connectivity index (χ1) is 12.2. The van der Waals surface area contributed by atoms with Crippen LogP contribution in [-0.4, -0.2) is 4.98 Å². The van der Waals surface area contributed by atoms with Crippen molar-refractivity contribution in [1.29, 1.82) is 0 Å². The van der Waals surface area contributed by atoms with Gasteiger partial charge in [-0.3, -0.25) is 4.98 Å². The predicted octanol–water partition coefficient (Wildman–Crippen LogP) is 4.74. The number of aromatic nitrogens is 1. The van der Waals surface area contributed by atoms with E-state index in [0.29, 0.717) is 24.7 Å². The van der Waals surface area contributed by atoms with Gasteiger partial charge in [0.25, 0.3) is 0 Å². The third kappa shape index (κ3) is 5.28. The lowest BCUT2D eigenvalue weighted by molar-refractivity contribution is 0.302. The van der Waals surface area contributed by atoms with Gasteiger partial charge < -0.3 is 10.1 Å². The highest BCUT2D eigenvalue weighted by molar-refractivity contribution is 6.30. The Labute approximate surface area is 151 Å². The lowest BCUT2D eigenvalue weighted by Gasteiger charge is -2.13. The molecule has 0 aliphatic rings. The Morgan fingerprint density at radius 3 is 2.60 bits per heavy atom. The van der Waals surface area contributed by atoms with E-state index in [9.17, 15) is 4.39 Å². The third-order valence-corrected chi connectivity index (χ3v) is 3.93. The minimum atomic E-state index is -0.254. The summed E-state index contributed by atoms with van der Waals surface area (Å²) >= 11 is 6.11. The standard InChI is InChI=1S/C20H18ClFN2O/c21-18-5-8-20(25-14-15-3-6-19(22)7-4-15)17(10-18)13-24-12-16-2-1-9-23-11-16/h1-11,24H,12-14H2. The summed E-state index contributed by atoms with van der Waals surface area (Å²) in [5.41, 5.74) is 2.99. The Hall–Kier alpha value is -2.43. The van der Waals surface area contributed by atoms with Crippen LogP contribution in [0.3, 0.4) is 0 Å². The molecular formula is C20H18ClFN2O. The normalized spacial score (nSPS) is 10.6. The summed E-state index contributed by atoms with van der Waals surface area (Å²) < 4.78 is 18.9. The number of pyridine rings is 1. The van der Waals surface area contributed by atoms with Crippen molar-refractivity contribution in [3.05, 3.63) is 94.5 Å². The van der Waals surface area contributed by atoms with Crippen molar-refractivity contribution in [3.63, 3.8) is 0 Å². The van der Waals surface area contributed by atoms with Crippen LogP contribution in [0.25, 0.3) is 0 Å². The van der Waals surface area contributed by atoms with Gasteiger partial charge in [0.05, 0.1) is 0 Å². The van der Waals surface area contributed by atoms with Gasteiger partial charge in [0.2, 0.25) is 0 Å². The average Bonchev–Trinajstić information content (AvgIpc) is 2.63. The molecule has 0 atom stereocenters. The molecule has 0 aliphatic heterocycles. The van der Waals surface area contributed by atoms with Crippen molar-refractivity contribution in [2.24, 2.45) is 0 Å². The summed E-state index contributed by atoms with van der Waals surface area (Å²) in [5, 5.41) is 4.02. The van der Waals surface area contributed by atoms with Crippen LogP contribution in [0.5, 0.6) is 5.75 Å². The van der Waals surface area contributed by atoms with E-state index in [0.717, 1.165) is 22.4 Å². The first-order valence-corrected chi connectivity index (χ1v) is 8.34. The number of nitrogens with one attached hydrogen (secondary N) is 1. The monoisotopic (exact) mass is 356 g/mol. The molecule has 1 N–H and O–H groups in total. The van der Waals surface area contributed by atoms with E-state index < -0.39 is 0 Å².